The Kier molecular flexibility index (Phi) is 4.95. The van der Waals surface area contributed by atoms with Gasteiger partial charge in [0.25, 0.3) is 11.8 Å². The maximum Gasteiger partial charge on any atom is 0.274 e. The molecule has 1 saturated heterocycles. The van der Waals surface area contributed by atoms with E-state index in [2.05, 4.69) is 15.2 Å². The van der Waals surface area contributed by atoms with Gasteiger partial charge in [0.05, 0.1) is 24.5 Å². The van der Waals surface area contributed by atoms with E-state index in [1.165, 1.54) is 0 Å². The first-order valence-electron chi connectivity index (χ1n) is 8.06. The molecular formula is C18H20N4O3. The topological polar surface area (TPSA) is 97.5 Å². The number of carbonyl (C=O) groups excluding carboxylic acids is 2. The SMILES string of the molecule is Cc1cccc(C(=O)Nc2ccc(N3CCOCC3)cc2C(N)=O)n1. The summed E-state index contributed by atoms with van der Waals surface area (Å²) in [6, 6.07) is 10.4. The van der Waals surface area contributed by atoms with E-state index in [1.54, 1.807) is 24.3 Å². The Hall–Kier alpha value is -2.93. The Bertz CT molecular complexity index is 801. The van der Waals surface area contributed by atoms with E-state index in [1.807, 2.05) is 19.1 Å². The molecule has 2 aromatic rings. The highest BCUT2D eigenvalue weighted by Gasteiger charge is 2.17. The van der Waals surface area contributed by atoms with Crippen LogP contribution in [-0.2, 0) is 4.74 Å². The second-order valence-corrected chi connectivity index (χ2v) is 5.81. The summed E-state index contributed by atoms with van der Waals surface area (Å²) in [7, 11) is 0. The molecule has 1 aliphatic heterocycles. The van der Waals surface area contributed by atoms with Crippen molar-refractivity contribution in [3.63, 3.8) is 0 Å². The zero-order chi connectivity index (χ0) is 17.8. The maximum atomic E-state index is 12.4. The molecule has 1 aromatic heterocycles. The van der Waals surface area contributed by atoms with Crippen LogP contribution in [-0.4, -0.2) is 43.1 Å². The van der Waals surface area contributed by atoms with Crippen LogP contribution in [0.1, 0.15) is 26.5 Å². The van der Waals surface area contributed by atoms with Gasteiger partial charge in [-0.1, -0.05) is 6.07 Å². The van der Waals surface area contributed by atoms with Gasteiger partial charge in [-0.05, 0) is 37.3 Å². The van der Waals surface area contributed by atoms with Gasteiger partial charge < -0.3 is 20.7 Å². The number of benzene rings is 1. The predicted octanol–water partition coefficient (Wildman–Crippen LogP) is 1.58. The third-order valence-electron chi connectivity index (χ3n) is 4.01. The number of ether oxygens (including phenoxy) is 1. The second-order valence-electron chi connectivity index (χ2n) is 5.81. The van der Waals surface area contributed by atoms with E-state index >= 15 is 0 Å². The van der Waals surface area contributed by atoms with Crippen molar-refractivity contribution < 1.29 is 14.3 Å². The van der Waals surface area contributed by atoms with Crippen molar-refractivity contribution in [2.45, 2.75) is 6.92 Å². The summed E-state index contributed by atoms with van der Waals surface area (Å²) < 4.78 is 5.34. The van der Waals surface area contributed by atoms with Gasteiger partial charge in [0.2, 0.25) is 0 Å². The van der Waals surface area contributed by atoms with Crippen molar-refractivity contribution in [3.05, 3.63) is 53.3 Å². The number of nitrogens with two attached hydrogens (primary N) is 1. The summed E-state index contributed by atoms with van der Waals surface area (Å²) >= 11 is 0. The van der Waals surface area contributed by atoms with Crippen LogP contribution in [0.5, 0.6) is 0 Å². The molecule has 0 bridgehead atoms. The lowest BCUT2D eigenvalue weighted by atomic mass is 10.1. The molecule has 7 nitrogen and oxygen atoms in total. The molecule has 0 atom stereocenters. The van der Waals surface area contributed by atoms with E-state index in [9.17, 15) is 9.59 Å². The third kappa shape index (κ3) is 3.95. The van der Waals surface area contributed by atoms with E-state index in [0.29, 0.717) is 18.9 Å². The lowest BCUT2D eigenvalue weighted by molar-refractivity contribution is 0.100. The average Bonchev–Trinajstić information content (AvgIpc) is 2.62. The Labute approximate surface area is 145 Å². The number of anilines is 2. The van der Waals surface area contributed by atoms with Crippen LogP contribution in [0.15, 0.2) is 36.4 Å². The van der Waals surface area contributed by atoms with Gasteiger partial charge in [0.1, 0.15) is 5.69 Å². The van der Waals surface area contributed by atoms with Crippen LogP contribution in [0.4, 0.5) is 11.4 Å². The van der Waals surface area contributed by atoms with Gasteiger partial charge in [-0.2, -0.15) is 0 Å². The van der Waals surface area contributed by atoms with Crippen molar-refractivity contribution >= 4 is 23.2 Å². The fourth-order valence-corrected chi connectivity index (χ4v) is 2.72. The number of nitrogens with zero attached hydrogens (tertiary/aromatic N) is 2. The summed E-state index contributed by atoms with van der Waals surface area (Å²) in [6.45, 7) is 4.59. The van der Waals surface area contributed by atoms with E-state index < -0.39 is 5.91 Å². The van der Waals surface area contributed by atoms with Gasteiger partial charge in [-0.25, -0.2) is 4.98 Å². The number of amides is 2. The fraction of sp³-hybridized carbons (Fsp3) is 0.278. The Balaban J connectivity index is 1.85. The molecule has 1 fully saturated rings. The zero-order valence-corrected chi connectivity index (χ0v) is 14.0. The monoisotopic (exact) mass is 340 g/mol. The fourth-order valence-electron chi connectivity index (χ4n) is 2.72. The van der Waals surface area contributed by atoms with Gasteiger partial charge in [-0.15, -0.1) is 0 Å². The number of morpholine rings is 1. The van der Waals surface area contributed by atoms with E-state index in [0.717, 1.165) is 24.5 Å². The minimum atomic E-state index is -0.595. The minimum absolute atomic E-state index is 0.269. The molecule has 1 aromatic carbocycles. The minimum Gasteiger partial charge on any atom is -0.378 e. The second kappa shape index (κ2) is 7.31. The predicted molar refractivity (Wildman–Crippen MR) is 94.9 cm³/mol. The van der Waals surface area contributed by atoms with Gasteiger partial charge in [-0.3, -0.25) is 9.59 Å². The normalized spacial score (nSPS) is 14.2. The maximum absolute atomic E-state index is 12.4. The average molecular weight is 340 g/mol. The van der Waals surface area contributed by atoms with E-state index in [4.69, 9.17) is 10.5 Å². The summed E-state index contributed by atoms with van der Waals surface area (Å²) in [6.07, 6.45) is 0. The Morgan fingerprint density at radius 2 is 1.96 bits per heavy atom. The lowest BCUT2D eigenvalue weighted by Gasteiger charge is -2.29. The molecule has 1 aliphatic rings. The molecule has 0 radical (unpaired) electrons. The van der Waals surface area contributed by atoms with Crippen molar-refractivity contribution in [3.8, 4) is 0 Å². The largest absolute Gasteiger partial charge is 0.378 e. The highest BCUT2D eigenvalue weighted by atomic mass is 16.5. The molecule has 25 heavy (non-hydrogen) atoms. The number of aryl methyl sites for hydroxylation is 1. The first kappa shape index (κ1) is 16.9. The lowest BCUT2D eigenvalue weighted by Crippen LogP contribution is -2.36. The molecule has 0 spiro atoms. The number of nitrogens with one attached hydrogen (secondary N) is 1. The van der Waals surface area contributed by atoms with Crippen LogP contribution >= 0.6 is 0 Å². The van der Waals surface area contributed by atoms with Crippen molar-refractivity contribution in [1.29, 1.82) is 0 Å². The summed E-state index contributed by atoms with van der Waals surface area (Å²) in [5.41, 5.74) is 8.05. The molecule has 130 valence electrons. The number of hydrogen-bond acceptors (Lipinski definition) is 5. The molecular weight excluding hydrogens is 320 g/mol. The Morgan fingerprint density at radius 1 is 1.20 bits per heavy atom. The molecule has 3 rings (SSSR count). The van der Waals surface area contributed by atoms with Gasteiger partial charge >= 0.3 is 0 Å². The summed E-state index contributed by atoms with van der Waals surface area (Å²) in [4.78, 5) is 30.5. The quantitative estimate of drug-likeness (QED) is 0.880. The number of hydrogen-bond donors (Lipinski definition) is 2. The van der Waals surface area contributed by atoms with Crippen molar-refractivity contribution in [1.82, 2.24) is 4.98 Å². The Morgan fingerprint density at radius 3 is 2.64 bits per heavy atom. The molecule has 3 N–H and O–H groups in total. The molecule has 0 aliphatic carbocycles. The first-order chi connectivity index (χ1) is 12.0. The number of aromatic nitrogens is 1. The van der Waals surface area contributed by atoms with Gasteiger partial charge in [0.15, 0.2) is 0 Å². The summed E-state index contributed by atoms with van der Waals surface area (Å²) in [5.74, 6) is -0.979. The molecule has 2 amide bonds. The molecule has 7 heteroatoms. The van der Waals surface area contributed by atoms with Crippen LogP contribution in [0.2, 0.25) is 0 Å². The van der Waals surface area contributed by atoms with Crippen molar-refractivity contribution in [2.24, 2.45) is 5.73 Å². The van der Waals surface area contributed by atoms with Crippen molar-refractivity contribution in [2.75, 3.05) is 36.5 Å². The molecule has 0 unspecified atom stereocenters. The summed E-state index contributed by atoms with van der Waals surface area (Å²) in [5, 5.41) is 2.72. The smallest absolute Gasteiger partial charge is 0.274 e. The van der Waals surface area contributed by atoms with Crippen LogP contribution in [0.3, 0.4) is 0 Å². The first-order valence-corrected chi connectivity index (χ1v) is 8.06. The number of carbonyl (C=O) groups is 2. The highest BCUT2D eigenvalue weighted by molar-refractivity contribution is 6.08. The number of rotatable bonds is 4. The molecule has 0 saturated carbocycles. The molecule has 2 heterocycles. The number of pyridine rings is 1. The number of primary amides is 1. The van der Waals surface area contributed by atoms with E-state index in [-0.39, 0.29) is 17.2 Å². The van der Waals surface area contributed by atoms with Crippen LogP contribution in [0, 0.1) is 6.92 Å². The third-order valence-corrected chi connectivity index (χ3v) is 4.01. The zero-order valence-electron chi connectivity index (χ0n) is 14.0. The highest BCUT2D eigenvalue weighted by Crippen LogP contribution is 2.24. The van der Waals surface area contributed by atoms with Gasteiger partial charge in [0, 0.05) is 24.5 Å². The van der Waals surface area contributed by atoms with Crippen LogP contribution < -0.4 is 16.0 Å². The standard InChI is InChI=1S/C18H20N4O3/c1-12-3-2-4-16(20-12)18(24)21-15-6-5-13(11-14(15)17(19)23)22-7-9-25-10-8-22/h2-6,11H,7-10H2,1H3,(H2,19,23)(H,21,24). The van der Waals surface area contributed by atoms with Crippen LogP contribution in [0.25, 0.3) is 0 Å².